The Labute approximate surface area is 144 Å². The molecule has 7 nitrogen and oxygen atoms in total. The lowest BCUT2D eigenvalue weighted by atomic mass is 10.1. The number of halogens is 5. The molecule has 0 spiro atoms. The Morgan fingerprint density at radius 3 is 1.83 bits per heavy atom. The van der Waals surface area contributed by atoms with Crippen molar-refractivity contribution in [3.63, 3.8) is 0 Å². The zero-order chi connectivity index (χ0) is 18.5. The SMILES string of the molecule is O=[N+]([O-])c1cc(C(F)(F)F)cc([N+](=O)[O-])c1N(CCCl)CCCCl. The lowest BCUT2D eigenvalue weighted by Crippen LogP contribution is -2.28. The standard InChI is InChI=1S/C12H12Cl2F3N3O4/c13-2-1-4-18(5-3-14)11-9(19(21)22)6-8(12(15,16)17)7-10(11)20(23)24/h6-7H,1-5H2. The van der Waals surface area contributed by atoms with Gasteiger partial charge < -0.3 is 4.90 Å². The van der Waals surface area contributed by atoms with Crippen LogP contribution in [-0.2, 0) is 6.18 Å². The maximum absolute atomic E-state index is 12.9. The van der Waals surface area contributed by atoms with Crippen LogP contribution in [0, 0.1) is 20.2 Å². The molecule has 134 valence electrons. The van der Waals surface area contributed by atoms with Crippen molar-refractivity contribution in [2.75, 3.05) is 29.7 Å². The Kier molecular flexibility index (Phi) is 7.03. The summed E-state index contributed by atoms with van der Waals surface area (Å²) in [6.45, 7) is 0.0504. The number of nitro benzene ring substituents is 2. The van der Waals surface area contributed by atoms with Crippen LogP contribution in [0.5, 0.6) is 0 Å². The molecule has 0 atom stereocenters. The Morgan fingerprint density at radius 1 is 1.00 bits per heavy atom. The van der Waals surface area contributed by atoms with Crippen molar-refractivity contribution >= 4 is 40.3 Å². The molecule has 12 heteroatoms. The fourth-order valence-electron chi connectivity index (χ4n) is 2.06. The Hall–Kier alpha value is -1.81. The molecule has 1 aromatic carbocycles. The third-order valence-corrected chi connectivity index (χ3v) is 3.46. The van der Waals surface area contributed by atoms with E-state index < -0.39 is 38.6 Å². The summed E-state index contributed by atoms with van der Waals surface area (Å²) in [5.41, 5.74) is -3.98. The second-order valence-electron chi connectivity index (χ2n) is 4.59. The number of benzene rings is 1. The van der Waals surface area contributed by atoms with Crippen LogP contribution in [0.4, 0.5) is 30.2 Å². The Bertz CT molecular complexity index is 593. The van der Waals surface area contributed by atoms with E-state index in [4.69, 9.17) is 23.2 Å². The van der Waals surface area contributed by atoms with Gasteiger partial charge in [-0.15, -0.1) is 23.2 Å². The monoisotopic (exact) mass is 389 g/mol. The third-order valence-electron chi connectivity index (χ3n) is 3.02. The normalized spacial score (nSPS) is 11.4. The van der Waals surface area contributed by atoms with Crippen LogP contribution in [0.1, 0.15) is 12.0 Å². The molecule has 0 aliphatic rings. The van der Waals surface area contributed by atoms with Gasteiger partial charge in [-0.3, -0.25) is 20.2 Å². The van der Waals surface area contributed by atoms with E-state index in [0.717, 1.165) is 0 Å². The van der Waals surface area contributed by atoms with E-state index in [1.807, 2.05) is 0 Å². The zero-order valence-electron chi connectivity index (χ0n) is 12.1. The number of alkyl halides is 5. The van der Waals surface area contributed by atoms with E-state index in [1.165, 1.54) is 4.90 Å². The highest BCUT2D eigenvalue weighted by molar-refractivity contribution is 6.18. The lowest BCUT2D eigenvalue weighted by Gasteiger charge is -2.23. The first kappa shape index (κ1) is 20.2. The van der Waals surface area contributed by atoms with Crippen molar-refractivity contribution in [1.82, 2.24) is 0 Å². The van der Waals surface area contributed by atoms with Crippen molar-refractivity contribution in [3.8, 4) is 0 Å². The van der Waals surface area contributed by atoms with Crippen molar-refractivity contribution in [2.24, 2.45) is 0 Å². The molecule has 0 unspecified atom stereocenters. The highest BCUT2D eigenvalue weighted by Gasteiger charge is 2.39. The first-order valence-electron chi connectivity index (χ1n) is 6.54. The summed E-state index contributed by atoms with van der Waals surface area (Å²) in [6, 6.07) is 0.564. The molecule has 1 aromatic rings. The Morgan fingerprint density at radius 2 is 1.50 bits per heavy atom. The van der Waals surface area contributed by atoms with Crippen LogP contribution in [0.2, 0.25) is 0 Å². The minimum absolute atomic E-state index is 0.0223. The van der Waals surface area contributed by atoms with Crippen molar-refractivity contribution in [3.05, 3.63) is 37.9 Å². The summed E-state index contributed by atoms with van der Waals surface area (Å²) < 4.78 is 38.6. The maximum Gasteiger partial charge on any atom is 0.416 e. The van der Waals surface area contributed by atoms with Crippen LogP contribution in [0.15, 0.2) is 12.1 Å². The molecule has 0 aliphatic carbocycles. The van der Waals surface area contributed by atoms with E-state index in [0.29, 0.717) is 6.42 Å². The molecule has 0 fully saturated rings. The summed E-state index contributed by atoms with van der Waals surface area (Å²) >= 11 is 11.1. The van der Waals surface area contributed by atoms with Crippen LogP contribution in [0.25, 0.3) is 0 Å². The van der Waals surface area contributed by atoms with Gasteiger partial charge in [0, 0.05) is 37.0 Å². The molecule has 0 aromatic heterocycles. The minimum atomic E-state index is -4.96. The van der Waals surface area contributed by atoms with Crippen molar-refractivity contribution < 1.29 is 23.0 Å². The number of anilines is 1. The summed E-state index contributed by atoms with van der Waals surface area (Å²) in [7, 11) is 0. The Balaban J connectivity index is 3.65. The molecule has 0 saturated heterocycles. The molecule has 0 N–H and O–H groups in total. The highest BCUT2D eigenvalue weighted by atomic mass is 35.5. The lowest BCUT2D eigenvalue weighted by molar-refractivity contribution is -0.393. The summed E-state index contributed by atoms with van der Waals surface area (Å²) in [5, 5.41) is 22.4. The van der Waals surface area contributed by atoms with Gasteiger partial charge in [0.2, 0.25) is 0 Å². The molecule has 0 heterocycles. The van der Waals surface area contributed by atoms with Gasteiger partial charge in [0.05, 0.1) is 15.4 Å². The quantitative estimate of drug-likeness (QED) is 0.377. The van der Waals surface area contributed by atoms with Gasteiger partial charge in [-0.1, -0.05) is 0 Å². The zero-order valence-corrected chi connectivity index (χ0v) is 13.6. The van der Waals surface area contributed by atoms with Crippen molar-refractivity contribution in [2.45, 2.75) is 12.6 Å². The average molecular weight is 390 g/mol. The first-order chi connectivity index (χ1) is 11.1. The predicted octanol–water partition coefficient (Wildman–Crippen LogP) is 4.20. The molecule has 0 bridgehead atoms. The topological polar surface area (TPSA) is 89.5 Å². The number of hydrogen-bond acceptors (Lipinski definition) is 5. The van der Waals surface area contributed by atoms with E-state index in [9.17, 15) is 33.4 Å². The minimum Gasteiger partial charge on any atom is -0.359 e. The first-order valence-corrected chi connectivity index (χ1v) is 7.61. The predicted molar refractivity (Wildman–Crippen MR) is 83.0 cm³/mol. The van der Waals surface area contributed by atoms with Gasteiger partial charge in [0.1, 0.15) is 0 Å². The van der Waals surface area contributed by atoms with Gasteiger partial charge in [-0.05, 0) is 6.42 Å². The number of hydrogen-bond donors (Lipinski definition) is 0. The van der Waals surface area contributed by atoms with E-state index in [-0.39, 0.29) is 37.0 Å². The number of nitro groups is 2. The largest absolute Gasteiger partial charge is 0.416 e. The van der Waals surface area contributed by atoms with Crippen LogP contribution < -0.4 is 4.90 Å². The molecule has 1 rings (SSSR count). The average Bonchev–Trinajstić information content (AvgIpc) is 2.49. The molecule has 24 heavy (non-hydrogen) atoms. The number of nitrogens with zero attached hydrogens (tertiary/aromatic N) is 3. The van der Waals surface area contributed by atoms with Gasteiger partial charge in [-0.2, -0.15) is 13.2 Å². The molecule has 0 saturated carbocycles. The molecule has 0 aliphatic heterocycles. The summed E-state index contributed by atoms with van der Waals surface area (Å²) in [5.74, 6) is 0.138. The molecular weight excluding hydrogens is 378 g/mol. The van der Waals surface area contributed by atoms with Gasteiger partial charge in [-0.25, -0.2) is 0 Å². The molecule has 0 radical (unpaired) electrons. The van der Waals surface area contributed by atoms with Crippen molar-refractivity contribution in [1.29, 1.82) is 0 Å². The van der Waals surface area contributed by atoms with E-state index >= 15 is 0 Å². The van der Waals surface area contributed by atoms with E-state index in [2.05, 4.69) is 0 Å². The fraction of sp³-hybridized carbons (Fsp3) is 0.500. The third kappa shape index (κ3) is 4.84. The van der Waals surface area contributed by atoms with Crippen LogP contribution in [0.3, 0.4) is 0 Å². The second kappa shape index (κ2) is 8.34. The highest BCUT2D eigenvalue weighted by Crippen LogP contribution is 2.43. The fourth-order valence-corrected chi connectivity index (χ4v) is 2.38. The maximum atomic E-state index is 12.9. The second-order valence-corrected chi connectivity index (χ2v) is 5.35. The smallest absolute Gasteiger partial charge is 0.359 e. The summed E-state index contributed by atoms with van der Waals surface area (Å²) in [6.07, 6.45) is -4.64. The van der Waals surface area contributed by atoms with E-state index in [1.54, 1.807) is 0 Å². The summed E-state index contributed by atoms with van der Waals surface area (Å²) in [4.78, 5) is 21.4. The van der Waals surface area contributed by atoms with Crippen LogP contribution in [-0.4, -0.2) is 34.7 Å². The molecule has 0 amide bonds. The molecular formula is C12H12Cl2F3N3O4. The van der Waals surface area contributed by atoms with Crippen LogP contribution >= 0.6 is 23.2 Å². The van der Waals surface area contributed by atoms with Gasteiger partial charge in [0.25, 0.3) is 11.4 Å². The number of rotatable bonds is 8. The van der Waals surface area contributed by atoms with Gasteiger partial charge >= 0.3 is 6.18 Å². The van der Waals surface area contributed by atoms with Gasteiger partial charge in [0.15, 0.2) is 5.69 Å².